The minimum absolute atomic E-state index is 0.237. The Balaban J connectivity index is 1.66. The number of carbonyl (C=O) groups is 1. The lowest BCUT2D eigenvalue weighted by Gasteiger charge is -2.33. The van der Waals surface area contributed by atoms with E-state index in [-0.39, 0.29) is 16.9 Å². The summed E-state index contributed by atoms with van der Waals surface area (Å²) in [5.41, 5.74) is 2.91. The van der Waals surface area contributed by atoms with E-state index < -0.39 is 6.04 Å². The minimum Gasteiger partial charge on any atom is -0.348 e. The van der Waals surface area contributed by atoms with Crippen molar-refractivity contribution in [1.82, 2.24) is 29.6 Å². The summed E-state index contributed by atoms with van der Waals surface area (Å²) in [5.74, 6) is -0.619. The highest BCUT2D eigenvalue weighted by molar-refractivity contribution is 7.18. The topological polar surface area (TPSA) is 79.7 Å². The fourth-order valence-corrected chi connectivity index (χ4v) is 5.17. The van der Waals surface area contributed by atoms with Crippen LogP contribution in [0, 0.1) is 12.7 Å². The number of nitrogens with zero attached hydrogens (tertiary/aromatic N) is 5. The van der Waals surface area contributed by atoms with Gasteiger partial charge in [0, 0.05) is 25.7 Å². The molecule has 0 saturated heterocycles. The van der Waals surface area contributed by atoms with Crippen molar-refractivity contribution in [3.8, 4) is 0 Å². The fourth-order valence-electron chi connectivity index (χ4n) is 3.81. The zero-order chi connectivity index (χ0) is 20.3. The van der Waals surface area contributed by atoms with Gasteiger partial charge in [0.2, 0.25) is 0 Å². The molecular formula is C19H16ClFN6OS. The lowest BCUT2D eigenvalue weighted by molar-refractivity contribution is 0.0690. The number of halogens is 2. The Morgan fingerprint density at radius 1 is 1.41 bits per heavy atom. The van der Waals surface area contributed by atoms with Crippen molar-refractivity contribution in [3.05, 3.63) is 63.1 Å². The molecule has 10 heteroatoms. The van der Waals surface area contributed by atoms with E-state index in [0.29, 0.717) is 34.7 Å². The van der Waals surface area contributed by atoms with Crippen molar-refractivity contribution in [3.63, 3.8) is 0 Å². The highest BCUT2D eigenvalue weighted by atomic mass is 35.5. The van der Waals surface area contributed by atoms with Gasteiger partial charge in [-0.3, -0.25) is 9.48 Å². The van der Waals surface area contributed by atoms with Crippen molar-refractivity contribution in [2.24, 2.45) is 7.05 Å². The van der Waals surface area contributed by atoms with Crippen LogP contribution >= 0.6 is 22.9 Å². The molecule has 4 heterocycles. The van der Waals surface area contributed by atoms with Gasteiger partial charge in [0.1, 0.15) is 27.5 Å². The summed E-state index contributed by atoms with van der Waals surface area (Å²) in [6, 6.07) is 4.34. The van der Waals surface area contributed by atoms with Crippen molar-refractivity contribution in [1.29, 1.82) is 0 Å². The summed E-state index contributed by atoms with van der Waals surface area (Å²) in [7, 11) is 1.70. The first-order valence-electron chi connectivity index (χ1n) is 9.03. The average molecular weight is 431 g/mol. The molecule has 0 bridgehead atoms. The summed E-state index contributed by atoms with van der Waals surface area (Å²) in [6.07, 6.45) is 2.25. The predicted octanol–water partition coefficient (Wildman–Crippen LogP) is 3.64. The zero-order valence-electron chi connectivity index (χ0n) is 15.6. The van der Waals surface area contributed by atoms with Gasteiger partial charge in [-0.05, 0) is 19.1 Å². The largest absolute Gasteiger partial charge is 0.348 e. The Bertz CT molecular complexity index is 1260. The molecule has 1 aliphatic rings. The molecular weight excluding hydrogens is 415 g/mol. The van der Waals surface area contributed by atoms with Gasteiger partial charge in [-0.2, -0.15) is 5.10 Å². The molecule has 4 aromatic rings. The third kappa shape index (κ3) is 2.76. The maximum Gasteiger partial charge on any atom is 0.259 e. The second kappa shape index (κ2) is 6.64. The molecule has 0 spiro atoms. The molecule has 7 nitrogen and oxygen atoms in total. The number of hydrogen-bond acceptors (Lipinski definition) is 5. The van der Waals surface area contributed by atoms with Crippen molar-refractivity contribution < 1.29 is 9.18 Å². The first-order valence-corrected chi connectivity index (χ1v) is 10.2. The van der Waals surface area contributed by atoms with Gasteiger partial charge in [0.25, 0.3) is 5.91 Å². The van der Waals surface area contributed by atoms with Crippen LogP contribution in [0.15, 0.2) is 24.5 Å². The molecule has 0 unspecified atom stereocenters. The normalized spacial score (nSPS) is 16.4. The number of aryl methyl sites for hydroxylation is 2. The number of aromatic amines is 1. The number of amides is 1. The Morgan fingerprint density at radius 2 is 2.24 bits per heavy atom. The molecule has 1 aromatic carbocycles. The van der Waals surface area contributed by atoms with Crippen LogP contribution in [-0.2, 0) is 13.5 Å². The van der Waals surface area contributed by atoms with Crippen LogP contribution in [0.3, 0.4) is 0 Å². The standard InChI is InChI=1S/C19H16ClFN6OS/c1-9-13(17(20)26(2)25-9)19(28)27-7-6-11-15(23-8-22-11)16(27)18-24-14-10(21)4-3-5-12(14)29-18/h3-5,8,16H,6-7H2,1-2H3,(H,22,23)/t16-/m0/s1. The van der Waals surface area contributed by atoms with E-state index in [1.54, 1.807) is 31.3 Å². The Kier molecular flexibility index (Phi) is 4.18. The second-order valence-corrected chi connectivity index (χ2v) is 8.35. The van der Waals surface area contributed by atoms with Crippen LogP contribution in [0.1, 0.15) is 38.5 Å². The summed E-state index contributed by atoms with van der Waals surface area (Å²) in [4.78, 5) is 27.3. The second-order valence-electron chi connectivity index (χ2n) is 6.93. The number of thiazole rings is 1. The van der Waals surface area contributed by atoms with Gasteiger partial charge < -0.3 is 9.88 Å². The highest BCUT2D eigenvalue weighted by Crippen LogP contribution is 2.39. The Hall–Kier alpha value is -2.78. The first kappa shape index (κ1) is 18.3. The van der Waals surface area contributed by atoms with Crippen molar-refractivity contribution in [2.75, 3.05) is 6.54 Å². The summed E-state index contributed by atoms with van der Waals surface area (Å²) in [5, 5.41) is 5.16. The fraction of sp³-hybridized carbons (Fsp3) is 0.263. The Labute approximate surface area is 174 Å². The number of nitrogens with one attached hydrogen (secondary N) is 1. The summed E-state index contributed by atoms with van der Waals surface area (Å²) < 4.78 is 16.5. The number of hydrogen-bond donors (Lipinski definition) is 1. The van der Waals surface area contributed by atoms with E-state index in [2.05, 4.69) is 20.1 Å². The van der Waals surface area contributed by atoms with E-state index in [0.717, 1.165) is 16.1 Å². The van der Waals surface area contributed by atoms with Gasteiger partial charge in [-0.1, -0.05) is 17.7 Å². The molecule has 29 heavy (non-hydrogen) atoms. The number of benzene rings is 1. The van der Waals surface area contributed by atoms with E-state index in [1.165, 1.54) is 22.1 Å². The molecule has 148 valence electrons. The van der Waals surface area contributed by atoms with Crippen LogP contribution in [0.2, 0.25) is 5.15 Å². The van der Waals surface area contributed by atoms with Crippen LogP contribution in [0.4, 0.5) is 4.39 Å². The average Bonchev–Trinajstić information content (AvgIpc) is 3.39. The third-order valence-corrected chi connectivity index (χ3v) is 6.68. The van der Waals surface area contributed by atoms with Crippen LogP contribution < -0.4 is 0 Å². The lowest BCUT2D eigenvalue weighted by atomic mass is 10.0. The SMILES string of the molecule is Cc1nn(C)c(Cl)c1C(=O)N1CCc2[nH]cnc2[C@H]1c1nc2c(F)cccc2s1. The highest BCUT2D eigenvalue weighted by Gasteiger charge is 2.38. The number of para-hydroxylation sites is 1. The molecule has 5 rings (SSSR count). The zero-order valence-corrected chi connectivity index (χ0v) is 17.2. The van der Waals surface area contributed by atoms with Crippen LogP contribution in [0.5, 0.6) is 0 Å². The molecule has 0 fully saturated rings. The minimum atomic E-state index is -0.523. The van der Waals surface area contributed by atoms with Crippen molar-refractivity contribution >= 4 is 39.1 Å². The number of fused-ring (bicyclic) bond motifs is 2. The number of carbonyl (C=O) groups excluding carboxylic acids is 1. The van der Waals surface area contributed by atoms with Gasteiger partial charge >= 0.3 is 0 Å². The molecule has 1 atom stereocenters. The molecule has 1 N–H and O–H groups in total. The third-order valence-electron chi connectivity index (χ3n) is 5.17. The van der Waals surface area contributed by atoms with Crippen LogP contribution in [0.25, 0.3) is 10.2 Å². The Morgan fingerprint density at radius 3 is 2.97 bits per heavy atom. The number of rotatable bonds is 2. The quantitative estimate of drug-likeness (QED) is 0.526. The molecule has 0 saturated carbocycles. The van der Waals surface area contributed by atoms with Crippen molar-refractivity contribution in [2.45, 2.75) is 19.4 Å². The maximum atomic E-state index is 14.2. The summed E-state index contributed by atoms with van der Waals surface area (Å²) in [6.45, 7) is 2.22. The van der Waals surface area contributed by atoms with E-state index in [1.807, 2.05) is 6.07 Å². The molecule has 1 aliphatic heterocycles. The maximum absolute atomic E-state index is 14.2. The first-order chi connectivity index (χ1) is 14.0. The van der Waals surface area contributed by atoms with E-state index >= 15 is 0 Å². The van der Waals surface area contributed by atoms with E-state index in [9.17, 15) is 9.18 Å². The van der Waals surface area contributed by atoms with Gasteiger partial charge in [0.05, 0.1) is 28.0 Å². The van der Waals surface area contributed by atoms with Gasteiger partial charge in [-0.15, -0.1) is 11.3 Å². The number of imidazole rings is 1. The van der Waals surface area contributed by atoms with Gasteiger partial charge in [0.15, 0.2) is 0 Å². The molecule has 3 aromatic heterocycles. The smallest absolute Gasteiger partial charge is 0.259 e. The number of H-pyrrole nitrogens is 1. The van der Waals surface area contributed by atoms with Gasteiger partial charge in [-0.25, -0.2) is 14.4 Å². The lowest BCUT2D eigenvalue weighted by Crippen LogP contribution is -2.41. The van der Waals surface area contributed by atoms with E-state index in [4.69, 9.17) is 11.6 Å². The monoisotopic (exact) mass is 430 g/mol. The molecule has 0 aliphatic carbocycles. The summed E-state index contributed by atoms with van der Waals surface area (Å²) >= 11 is 7.72. The van der Waals surface area contributed by atoms with Crippen LogP contribution in [-0.4, -0.2) is 42.1 Å². The molecule has 1 amide bonds. The number of aromatic nitrogens is 5. The molecule has 0 radical (unpaired) electrons. The predicted molar refractivity (Wildman–Crippen MR) is 108 cm³/mol.